The monoisotopic (exact) mass is 642 g/mol. The van der Waals surface area contributed by atoms with Gasteiger partial charge in [0.2, 0.25) is 0 Å². The summed E-state index contributed by atoms with van der Waals surface area (Å²) in [5.74, 6) is 1.31. The van der Waals surface area contributed by atoms with Crippen molar-refractivity contribution in [2.45, 2.75) is 13.0 Å². The molecule has 5 aromatic rings. The Morgan fingerprint density at radius 1 is 1.05 bits per heavy atom. The van der Waals surface area contributed by atoms with E-state index in [9.17, 15) is 12.8 Å². The number of benzene rings is 3. The molecule has 0 radical (unpaired) electrons. The van der Waals surface area contributed by atoms with E-state index in [1.807, 2.05) is 23.6 Å². The average molecular weight is 643 g/mol. The van der Waals surface area contributed by atoms with Gasteiger partial charge in [-0.3, -0.25) is 0 Å². The molecule has 0 atom stereocenters. The zero-order chi connectivity index (χ0) is 30.4. The number of ether oxygens (including phenoxy) is 3. The van der Waals surface area contributed by atoms with Gasteiger partial charge in [0, 0.05) is 40.8 Å². The number of nitrogens with zero attached hydrogens (tertiary/aromatic N) is 3. The van der Waals surface area contributed by atoms with Gasteiger partial charge in [0.15, 0.2) is 0 Å². The predicted molar refractivity (Wildman–Crippen MR) is 167 cm³/mol. The Labute approximate surface area is 257 Å². The summed E-state index contributed by atoms with van der Waals surface area (Å²) in [5.41, 5.74) is 3.56. The van der Waals surface area contributed by atoms with Crippen molar-refractivity contribution in [3.8, 4) is 22.8 Å². The van der Waals surface area contributed by atoms with Crippen LogP contribution in [-0.4, -0.2) is 55.7 Å². The van der Waals surface area contributed by atoms with Gasteiger partial charge in [-0.2, -0.15) is 0 Å². The van der Waals surface area contributed by atoms with Crippen LogP contribution < -0.4 is 14.8 Å². The van der Waals surface area contributed by atoms with Crippen molar-refractivity contribution in [3.63, 3.8) is 0 Å². The van der Waals surface area contributed by atoms with Gasteiger partial charge >= 0.3 is 0 Å². The second-order valence-corrected chi connectivity index (χ2v) is 13.2. The first kappa shape index (κ1) is 30.6. The number of aromatic nitrogens is 3. The van der Waals surface area contributed by atoms with Gasteiger partial charge < -0.3 is 19.5 Å². The van der Waals surface area contributed by atoms with E-state index in [0.29, 0.717) is 52.1 Å². The molecule has 0 spiro atoms. The molecule has 9 nitrogen and oxygen atoms in total. The third-order valence-electron chi connectivity index (χ3n) is 6.32. The molecule has 224 valence electrons. The van der Waals surface area contributed by atoms with Gasteiger partial charge in [0.05, 0.1) is 47.3 Å². The predicted octanol–water partition coefficient (Wildman–Crippen LogP) is 6.48. The van der Waals surface area contributed by atoms with Crippen LogP contribution in [0.25, 0.3) is 22.2 Å². The number of fused-ring (bicyclic) bond motifs is 1. The fourth-order valence-electron chi connectivity index (χ4n) is 4.19. The number of anilines is 2. The molecule has 0 saturated heterocycles. The van der Waals surface area contributed by atoms with Crippen molar-refractivity contribution in [3.05, 3.63) is 87.7 Å². The summed E-state index contributed by atoms with van der Waals surface area (Å²) in [6, 6.07) is 15.3. The molecule has 43 heavy (non-hydrogen) atoms. The van der Waals surface area contributed by atoms with Gasteiger partial charge in [-0.05, 0) is 42.0 Å². The number of thiazole rings is 1. The third-order valence-corrected chi connectivity index (χ3v) is 8.43. The van der Waals surface area contributed by atoms with Crippen LogP contribution in [0.15, 0.2) is 66.3 Å². The number of sulfone groups is 1. The smallest absolute Gasteiger partial charge is 0.149 e. The number of hydrogen-bond acceptors (Lipinski definition) is 10. The van der Waals surface area contributed by atoms with Crippen molar-refractivity contribution >= 4 is 55.2 Å². The first-order chi connectivity index (χ1) is 20.7. The second kappa shape index (κ2) is 13.6. The molecule has 0 saturated carbocycles. The van der Waals surface area contributed by atoms with Gasteiger partial charge in [-0.25, -0.2) is 27.8 Å². The summed E-state index contributed by atoms with van der Waals surface area (Å²) < 4.78 is 52.9. The van der Waals surface area contributed by atoms with E-state index in [-0.39, 0.29) is 24.8 Å². The fraction of sp³-hybridized carbons (Fsp3) is 0.233. The topological polar surface area (TPSA) is 113 Å². The third kappa shape index (κ3) is 8.17. The van der Waals surface area contributed by atoms with E-state index in [2.05, 4.69) is 15.3 Å². The highest BCUT2D eigenvalue weighted by atomic mass is 35.5. The van der Waals surface area contributed by atoms with Crippen LogP contribution in [0.5, 0.6) is 11.5 Å². The number of rotatable bonds is 13. The first-order valence-electron chi connectivity index (χ1n) is 13.2. The normalized spacial score (nSPS) is 11.5. The molecule has 5 rings (SSSR count). The zero-order valence-electron chi connectivity index (χ0n) is 23.3. The Morgan fingerprint density at radius 3 is 2.67 bits per heavy atom. The second-order valence-electron chi connectivity index (χ2n) is 9.60. The summed E-state index contributed by atoms with van der Waals surface area (Å²) in [4.78, 5) is 13.6. The maximum Gasteiger partial charge on any atom is 0.149 e. The van der Waals surface area contributed by atoms with Gasteiger partial charge in [0.25, 0.3) is 0 Å². The molecule has 13 heteroatoms. The van der Waals surface area contributed by atoms with Crippen LogP contribution in [0, 0.1) is 5.82 Å². The molecule has 0 bridgehead atoms. The molecular formula is C30H28ClFN4O5S2. The molecule has 0 unspecified atom stereocenters. The van der Waals surface area contributed by atoms with Crippen LogP contribution in [0.3, 0.4) is 0 Å². The van der Waals surface area contributed by atoms with Crippen molar-refractivity contribution in [2.24, 2.45) is 0 Å². The van der Waals surface area contributed by atoms with E-state index in [1.165, 1.54) is 36.1 Å². The van der Waals surface area contributed by atoms with E-state index < -0.39 is 9.84 Å². The molecular weight excluding hydrogens is 615 g/mol. The highest BCUT2D eigenvalue weighted by molar-refractivity contribution is 7.90. The molecule has 0 aliphatic rings. The van der Waals surface area contributed by atoms with E-state index in [4.69, 9.17) is 30.8 Å². The summed E-state index contributed by atoms with van der Waals surface area (Å²) in [6.45, 7) is 0.706. The van der Waals surface area contributed by atoms with E-state index in [1.54, 1.807) is 31.4 Å². The molecule has 3 aromatic carbocycles. The lowest BCUT2D eigenvalue weighted by molar-refractivity contribution is 0.152. The number of nitrogens with one attached hydrogen (secondary N) is 1. The van der Waals surface area contributed by atoms with Gasteiger partial charge in [-0.1, -0.05) is 23.7 Å². The lowest BCUT2D eigenvalue weighted by Gasteiger charge is -2.13. The van der Waals surface area contributed by atoms with Crippen LogP contribution in [0.1, 0.15) is 10.6 Å². The quantitative estimate of drug-likeness (QED) is 0.144. The highest BCUT2D eigenvalue weighted by Crippen LogP contribution is 2.37. The van der Waals surface area contributed by atoms with Crippen LogP contribution in [0.2, 0.25) is 5.02 Å². The number of hydrogen-bond donors (Lipinski definition) is 1. The minimum absolute atomic E-state index is 0.0104. The minimum atomic E-state index is -3.06. The lowest BCUT2D eigenvalue weighted by atomic mass is 10.1. The van der Waals surface area contributed by atoms with Crippen molar-refractivity contribution in [1.82, 2.24) is 15.0 Å². The van der Waals surface area contributed by atoms with Crippen molar-refractivity contribution in [2.75, 3.05) is 37.6 Å². The highest BCUT2D eigenvalue weighted by Gasteiger charge is 2.16. The van der Waals surface area contributed by atoms with Crippen LogP contribution in [0.4, 0.5) is 15.9 Å². The average Bonchev–Trinajstić information content (AvgIpc) is 3.44. The Morgan fingerprint density at radius 2 is 1.91 bits per heavy atom. The largest absolute Gasteiger partial charge is 0.496 e. The van der Waals surface area contributed by atoms with Crippen molar-refractivity contribution < 1.29 is 27.0 Å². The molecule has 2 heterocycles. The maximum absolute atomic E-state index is 13.5. The molecule has 0 amide bonds. The van der Waals surface area contributed by atoms with Crippen LogP contribution >= 0.6 is 22.9 Å². The van der Waals surface area contributed by atoms with Gasteiger partial charge in [-0.15, -0.1) is 11.3 Å². The standard InChI is InChI=1S/C30H28ClFN4O5S2/c1-39-28-15-25-23(14-22(28)26-17-42-29(36-26)8-9-40-10-11-43(2,37)38)30(34-18-33-25)35-21-6-7-27(24(31)13-21)41-16-19-4-3-5-20(32)12-19/h3-7,12-15,17-18H,8-11,16H2,1-2H3,(H,33,34,35). The molecule has 1 N–H and O–H groups in total. The summed E-state index contributed by atoms with van der Waals surface area (Å²) in [7, 11) is -1.47. The summed E-state index contributed by atoms with van der Waals surface area (Å²) in [5, 5.41) is 7.24. The van der Waals surface area contributed by atoms with Gasteiger partial charge in [0.1, 0.15) is 45.9 Å². The Bertz CT molecular complexity index is 1850. The van der Waals surface area contributed by atoms with Crippen molar-refractivity contribution in [1.29, 1.82) is 0 Å². The number of halogens is 2. The lowest BCUT2D eigenvalue weighted by Crippen LogP contribution is -2.11. The molecule has 2 aromatic heterocycles. The first-order valence-corrected chi connectivity index (χ1v) is 16.5. The Kier molecular flexibility index (Phi) is 9.71. The number of methoxy groups -OCH3 is 1. The molecule has 0 aliphatic carbocycles. The molecule has 0 fully saturated rings. The Balaban J connectivity index is 1.32. The summed E-state index contributed by atoms with van der Waals surface area (Å²) in [6.07, 6.45) is 3.21. The fourth-order valence-corrected chi connectivity index (χ4v) is 5.63. The summed E-state index contributed by atoms with van der Waals surface area (Å²) >= 11 is 7.99. The van der Waals surface area contributed by atoms with E-state index in [0.717, 1.165) is 21.7 Å². The molecule has 0 aliphatic heterocycles. The Hall–Kier alpha value is -3.84. The maximum atomic E-state index is 13.5. The van der Waals surface area contributed by atoms with Crippen LogP contribution in [-0.2, 0) is 27.6 Å². The minimum Gasteiger partial charge on any atom is -0.496 e. The SMILES string of the molecule is COc1cc2ncnc(Nc3ccc(OCc4cccc(F)c4)c(Cl)c3)c2cc1-c1csc(CCOCCS(C)(=O)=O)n1. The van der Waals surface area contributed by atoms with E-state index >= 15 is 0 Å². The zero-order valence-corrected chi connectivity index (χ0v) is 25.7.